The highest BCUT2D eigenvalue weighted by atomic mass is 32.2. The highest BCUT2D eigenvalue weighted by Gasteiger charge is 2.39. The number of nitrogens with zero attached hydrogens (tertiary/aromatic N) is 2. The van der Waals surface area contributed by atoms with Gasteiger partial charge in [0, 0.05) is 13.2 Å². The molecule has 2 saturated carbocycles. The van der Waals surface area contributed by atoms with E-state index in [-0.39, 0.29) is 43.2 Å². The zero-order valence-corrected chi connectivity index (χ0v) is 45.1. The molecule has 77 heavy (non-hydrogen) atoms. The molecule has 10 rings (SSSR count). The third-order valence-electron chi connectivity index (χ3n) is 12.8. The SMILES string of the molecule is COC(=O)c1cc(Oc2cnc(NC(=O)C(O[C@@H]3CCOC3)c3ccc(S(=O)(=O)C4CC4)cc3)s2)ccc1C.Cc1ccc(Oc2cnc(NC(=O)C(O[C@@H]3CCOC3)c3ccc(S(=O)(=O)C4CC4)cc3)s2)cc1C(=O)O. The number of rotatable bonds is 20. The van der Waals surface area contributed by atoms with Gasteiger partial charge in [0.15, 0.2) is 42.1 Å². The summed E-state index contributed by atoms with van der Waals surface area (Å²) in [4.78, 5) is 58.9. The number of aromatic nitrogens is 2. The lowest BCUT2D eigenvalue weighted by molar-refractivity contribution is -0.132. The van der Waals surface area contributed by atoms with Crippen LogP contribution in [-0.2, 0) is 52.9 Å². The van der Waals surface area contributed by atoms with Crippen molar-refractivity contribution in [3.05, 3.63) is 131 Å². The van der Waals surface area contributed by atoms with Gasteiger partial charge in [-0.2, -0.15) is 0 Å². The van der Waals surface area contributed by atoms with Gasteiger partial charge >= 0.3 is 11.9 Å². The number of anilines is 2. The Balaban J connectivity index is 0.000000188. The number of benzene rings is 4. The first-order valence-electron chi connectivity index (χ1n) is 24.5. The van der Waals surface area contributed by atoms with Crippen LogP contribution in [0.25, 0.3) is 0 Å². The van der Waals surface area contributed by atoms with Gasteiger partial charge in [0.1, 0.15) is 11.5 Å². The lowest BCUT2D eigenvalue weighted by Gasteiger charge is -2.21. The van der Waals surface area contributed by atoms with Gasteiger partial charge in [-0.25, -0.2) is 36.4 Å². The van der Waals surface area contributed by atoms with Crippen molar-refractivity contribution >= 4 is 76.4 Å². The molecular weight excluding hydrogens is 1080 g/mol. The molecule has 2 unspecified atom stereocenters. The summed E-state index contributed by atoms with van der Waals surface area (Å²) >= 11 is 2.18. The molecule has 4 aliphatic rings. The maximum atomic E-state index is 13.3. The number of hydrogen-bond acceptors (Lipinski definition) is 19. The molecule has 2 saturated heterocycles. The number of ether oxygens (including phenoxy) is 7. The minimum absolute atomic E-state index is 0.132. The van der Waals surface area contributed by atoms with Crippen LogP contribution >= 0.6 is 22.7 Å². The van der Waals surface area contributed by atoms with Crippen LogP contribution in [0.1, 0.15) is 93.7 Å². The van der Waals surface area contributed by atoms with Gasteiger partial charge in [-0.05, 0) is 123 Å². The second-order valence-corrected chi connectivity index (χ2v) is 25.0. The average molecular weight is 1130 g/mol. The van der Waals surface area contributed by atoms with E-state index in [1.165, 1.54) is 49.8 Å². The molecule has 406 valence electrons. The van der Waals surface area contributed by atoms with Crippen molar-refractivity contribution in [2.75, 3.05) is 44.2 Å². The van der Waals surface area contributed by atoms with Crippen LogP contribution in [0.2, 0.25) is 0 Å². The van der Waals surface area contributed by atoms with E-state index in [1.54, 1.807) is 68.4 Å². The first kappa shape index (κ1) is 55.1. The lowest BCUT2D eigenvalue weighted by Crippen LogP contribution is -2.28. The standard InChI is InChI=1S/C27H28N2O8S2.C26H26N2O8S2/c1-16-3-6-18(13-22(16)26(31)34-2)36-23-14-28-27(38-23)29-25(30)24(37-19-11-12-35-15-19)17-4-7-20(8-5-17)39(32,33)21-9-10-21;1-15-2-5-17(12-21(15)25(30)31)35-22-13-27-26(37-22)28-24(29)23(36-18-10-11-34-14-18)16-3-6-19(7-4-16)38(32,33)20-8-9-20/h3-8,13-14,19,21,24H,9-12,15H2,1-2H3,(H,28,29,30);2-7,12-13,18,20,23H,8-11,14H2,1H3,(H,30,31)(H,27,28,29)/t19-,24?;18-,23?/m11/s1. The number of aryl methyl sites for hydroxylation is 2. The van der Waals surface area contributed by atoms with Gasteiger partial charge in [0.05, 0.1) is 76.3 Å². The lowest BCUT2D eigenvalue weighted by atomic mass is 10.1. The number of amides is 2. The molecule has 4 fully saturated rings. The van der Waals surface area contributed by atoms with E-state index in [0.29, 0.717) is 114 Å². The molecule has 4 atom stereocenters. The van der Waals surface area contributed by atoms with Crippen LogP contribution < -0.4 is 20.1 Å². The fourth-order valence-electron chi connectivity index (χ4n) is 8.21. The van der Waals surface area contributed by atoms with Crippen LogP contribution in [0.5, 0.6) is 21.6 Å². The number of methoxy groups -OCH3 is 1. The van der Waals surface area contributed by atoms with E-state index in [2.05, 4.69) is 20.6 Å². The van der Waals surface area contributed by atoms with Crippen molar-refractivity contribution < 1.29 is 74.3 Å². The fraction of sp³-hybridized carbons (Fsp3) is 0.358. The summed E-state index contributed by atoms with van der Waals surface area (Å²) < 4.78 is 89.6. The minimum atomic E-state index is -3.35. The number of thiazole rings is 2. The number of esters is 1. The monoisotopic (exact) mass is 1130 g/mol. The zero-order chi connectivity index (χ0) is 54.4. The Bertz CT molecular complexity index is 3350. The molecule has 2 aliphatic heterocycles. The normalized spacial score (nSPS) is 18.1. The van der Waals surface area contributed by atoms with Gasteiger partial charge in [-0.15, -0.1) is 0 Å². The van der Waals surface area contributed by atoms with Crippen LogP contribution in [0.3, 0.4) is 0 Å². The Morgan fingerprint density at radius 1 is 0.610 bits per heavy atom. The number of carboxylic acid groups (broad SMARTS) is 1. The summed E-state index contributed by atoms with van der Waals surface area (Å²) in [7, 11) is -5.38. The Hall–Kier alpha value is -6.64. The van der Waals surface area contributed by atoms with Crippen molar-refractivity contribution in [1.82, 2.24) is 9.97 Å². The van der Waals surface area contributed by atoms with E-state index in [0.717, 1.165) is 28.2 Å². The Labute approximate surface area is 451 Å². The smallest absolute Gasteiger partial charge is 0.338 e. The highest BCUT2D eigenvalue weighted by molar-refractivity contribution is 7.92. The summed E-state index contributed by atoms with van der Waals surface area (Å²) in [6.07, 6.45) is 4.33. The topological polar surface area (TPSA) is 271 Å². The second-order valence-electron chi connectivity index (χ2n) is 18.5. The summed E-state index contributed by atoms with van der Waals surface area (Å²) in [5, 5.41) is 15.5. The predicted molar refractivity (Wildman–Crippen MR) is 282 cm³/mol. The molecule has 2 aromatic heterocycles. The Kier molecular flexibility index (Phi) is 17.1. The van der Waals surface area contributed by atoms with E-state index in [9.17, 15) is 41.1 Å². The van der Waals surface area contributed by atoms with Gasteiger partial charge in [-0.1, -0.05) is 59.1 Å². The molecule has 6 aromatic rings. The van der Waals surface area contributed by atoms with Crippen molar-refractivity contribution in [1.29, 1.82) is 0 Å². The van der Waals surface area contributed by atoms with Crippen LogP contribution in [0, 0.1) is 13.8 Å². The molecule has 4 aromatic carbocycles. The van der Waals surface area contributed by atoms with E-state index in [1.807, 2.05) is 0 Å². The first-order valence-corrected chi connectivity index (χ1v) is 29.2. The van der Waals surface area contributed by atoms with Crippen LogP contribution in [-0.4, -0.2) is 112 Å². The molecule has 0 spiro atoms. The molecule has 24 heteroatoms. The summed E-state index contributed by atoms with van der Waals surface area (Å²) in [6, 6.07) is 22.3. The van der Waals surface area contributed by atoms with E-state index in [4.69, 9.17) is 33.2 Å². The summed E-state index contributed by atoms with van der Waals surface area (Å²) in [5.41, 5.74) is 2.92. The van der Waals surface area contributed by atoms with Gasteiger partial charge < -0.3 is 38.3 Å². The summed E-state index contributed by atoms with van der Waals surface area (Å²) in [5.74, 6) is -1.69. The largest absolute Gasteiger partial charge is 0.478 e. The van der Waals surface area contributed by atoms with Crippen molar-refractivity contribution in [3.8, 4) is 21.6 Å². The molecule has 2 aliphatic carbocycles. The molecular formula is C53H54N4O16S4. The quantitative estimate of drug-likeness (QED) is 0.0602. The van der Waals surface area contributed by atoms with Crippen molar-refractivity contribution in [3.63, 3.8) is 0 Å². The van der Waals surface area contributed by atoms with E-state index < -0.39 is 55.6 Å². The average Bonchev–Trinajstić information content (AvgIpc) is 4.25. The molecule has 0 radical (unpaired) electrons. The molecule has 3 N–H and O–H groups in total. The summed E-state index contributed by atoms with van der Waals surface area (Å²) in [6.45, 7) is 5.31. The maximum Gasteiger partial charge on any atom is 0.338 e. The van der Waals surface area contributed by atoms with Gasteiger partial charge in [0.2, 0.25) is 10.1 Å². The number of carbonyl (C=O) groups is 4. The van der Waals surface area contributed by atoms with Crippen LogP contribution in [0.4, 0.5) is 10.3 Å². The van der Waals surface area contributed by atoms with Gasteiger partial charge in [-0.3, -0.25) is 20.2 Å². The number of sulfone groups is 2. The highest BCUT2D eigenvalue weighted by Crippen LogP contribution is 2.38. The molecule has 4 heterocycles. The van der Waals surface area contributed by atoms with Crippen LogP contribution in [0.15, 0.2) is 107 Å². The Morgan fingerprint density at radius 3 is 1.40 bits per heavy atom. The number of aromatic carboxylic acids is 1. The maximum absolute atomic E-state index is 13.3. The van der Waals surface area contributed by atoms with Gasteiger partial charge in [0.25, 0.3) is 11.8 Å². The third kappa shape index (κ3) is 13.7. The molecule has 20 nitrogen and oxygen atoms in total. The Morgan fingerprint density at radius 2 is 1.03 bits per heavy atom. The molecule has 0 bridgehead atoms. The fourth-order valence-corrected chi connectivity index (χ4v) is 12.9. The first-order chi connectivity index (χ1) is 36.9. The predicted octanol–water partition coefficient (Wildman–Crippen LogP) is 8.82. The number of carbonyl (C=O) groups excluding carboxylic acids is 3. The van der Waals surface area contributed by atoms with E-state index >= 15 is 0 Å². The molecule has 2 amide bonds. The zero-order valence-electron chi connectivity index (χ0n) is 41.9. The minimum Gasteiger partial charge on any atom is -0.478 e. The number of nitrogens with one attached hydrogen (secondary N) is 2. The third-order valence-corrected chi connectivity index (χ3v) is 18.9. The number of hydrogen-bond donors (Lipinski definition) is 3. The second kappa shape index (κ2) is 23.9. The van der Waals surface area contributed by atoms with Crippen molar-refractivity contribution in [2.45, 2.75) is 97.1 Å². The number of carboxylic acids is 1. The van der Waals surface area contributed by atoms with Crippen molar-refractivity contribution in [2.24, 2.45) is 0 Å².